The van der Waals surface area contributed by atoms with Gasteiger partial charge in [0.2, 0.25) is 0 Å². The van der Waals surface area contributed by atoms with Crippen LogP contribution in [0.3, 0.4) is 0 Å². The molecule has 1 rings (SSSR count). The molecule has 0 amide bonds. The average Bonchev–Trinajstić information content (AvgIpc) is 2.65. The van der Waals surface area contributed by atoms with Crippen molar-refractivity contribution in [2.45, 2.75) is 24.9 Å². The highest BCUT2D eigenvalue weighted by Gasteiger charge is 2.36. The molecule has 0 spiro atoms. The number of methoxy groups -OCH3 is 1. The molecule has 1 aliphatic rings. The van der Waals surface area contributed by atoms with Crippen molar-refractivity contribution >= 4 is 11.8 Å². The normalized spacial score (nSPS) is 28.6. The van der Waals surface area contributed by atoms with Crippen molar-refractivity contribution in [2.24, 2.45) is 0 Å². The smallest absolute Gasteiger partial charge is 0.0613 e. The Morgan fingerprint density at radius 3 is 2.73 bits per heavy atom. The molecule has 15 heavy (non-hydrogen) atoms. The van der Waals surface area contributed by atoms with Crippen molar-refractivity contribution in [2.75, 3.05) is 45.9 Å². The second-order valence-electron chi connectivity index (χ2n) is 4.66. The lowest BCUT2D eigenvalue weighted by molar-refractivity contribution is 0.142. The van der Waals surface area contributed by atoms with Crippen LogP contribution >= 0.6 is 11.8 Å². The molecule has 0 bridgehead atoms. The molecule has 0 radical (unpaired) electrons. The molecule has 1 saturated heterocycles. The van der Waals surface area contributed by atoms with E-state index in [0.29, 0.717) is 11.6 Å². The molecule has 1 aliphatic heterocycles. The monoisotopic (exact) mass is 232 g/mol. The summed E-state index contributed by atoms with van der Waals surface area (Å²) >= 11 is 2.06. The highest BCUT2D eigenvalue weighted by molar-refractivity contribution is 7.99. The minimum atomic E-state index is 0.354. The molecule has 1 fully saturated rings. The van der Waals surface area contributed by atoms with Gasteiger partial charge < -0.3 is 15.0 Å². The lowest BCUT2D eigenvalue weighted by Gasteiger charge is -2.36. The van der Waals surface area contributed by atoms with Crippen LogP contribution in [0.2, 0.25) is 0 Å². The van der Waals surface area contributed by atoms with Gasteiger partial charge in [-0.1, -0.05) is 0 Å². The minimum absolute atomic E-state index is 0.354. The number of thioether (sulfide) groups is 1. The van der Waals surface area contributed by atoms with Crippen LogP contribution in [-0.4, -0.2) is 62.3 Å². The summed E-state index contributed by atoms with van der Waals surface area (Å²) in [6.07, 6.45) is 1.29. The Hall–Kier alpha value is 0.230. The summed E-state index contributed by atoms with van der Waals surface area (Å²) < 4.78 is 5.13. The van der Waals surface area contributed by atoms with Crippen molar-refractivity contribution in [1.29, 1.82) is 0 Å². The van der Waals surface area contributed by atoms with Crippen molar-refractivity contribution in [1.82, 2.24) is 10.2 Å². The van der Waals surface area contributed by atoms with Crippen molar-refractivity contribution in [3.63, 3.8) is 0 Å². The maximum Gasteiger partial charge on any atom is 0.0613 e. The second kappa shape index (κ2) is 6.09. The van der Waals surface area contributed by atoms with E-state index in [2.05, 4.69) is 43.0 Å². The Kier molecular flexibility index (Phi) is 5.39. The molecule has 0 aromatic heterocycles. The first-order chi connectivity index (χ1) is 7.10. The van der Waals surface area contributed by atoms with Crippen molar-refractivity contribution < 1.29 is 4.74 Å². The molecule has 90 valence electrons. The fourth-order valence-electron chi connectivity index (χ4n) is 1.92. The third-order valence-electron chi connectivity index (χ3n) is 3.23. The molecule has 0 aromatic carbocycles. The fourth-order valence-corrected chi connectivity index (χ4v) is 3.47. The summed E-state index contributed by atoms with van der Waals surface area (Å²) in [5.41, 5.74) is 0.354. The molecule has 1 N–H and O–H groups in total. The summed E-state index contributed by atoms with van der Waals surface area (Å²) in [6, 6.07) is 0.442. The van der Waals surface area contributed by atoms with E-state index in [-0.39, 0.29) is 0 Å². The zero-order valence-electron chi connectivity index (χ0n) is 10.4. The number of rotatable bonds is 6. The van der Waals surface area contributed by atoms with Gasteiger partial charge >= 0.3 is 0 Å². The summed E-state index contributed by atoms with van der Waals surface area (Å²) in [7, 11) is 6.13. The first kappa shape index (κ1) is 13.3. The van der Waals surface area contributed by atoms with Crippen LogP contribution in [-0.2, 0) is 4.74 Å². The van der Waals surface area contributed by atoms with E-state index in [1.165, 1.54) is 17.9 Å². The lowest BCUT2D eigenvalue weighted by Crippen LogP contribution is -2.53. The predicted molar refractivity (Wildman–Crippen MR) is 67.7 cm³/mol. The van der Waals surface area contributed by atoms with E-state index in [9.17, 15) is 0 Å². The van der Waals surface area contributed by atoms with Crippen LogP contribution < -0.4 is 5.32 Å². The molecule has 2 atom stereocenters. The summed E-state index contributed by atoms with van der Waals surface area (Å²) in [4.78, 5) is 2.37. The number of hydrogen-bond donors (Lipinski definition) is 1. The molecule has 0 aliphatic carbocycles. The van der Waals surface area contributed by atoms with Gasteiger partial charge in [-0.25, -0.2) is 0 Å². The number of nitrogens with one attached hydrogen (secondary N) is 1. The SMILES string of the molecule is COCC(C)NCC1(N(C)C)CCSC1. The van der Waals surface area contributed by atoms with E-state index >= 15 is 0 Å². The highest BCUT2D eigenvalue weighted by Crippen LogP contribution is 2.31. The van der Waals surface area contributed by atoms with E-state index < -0.39 is 0 Å². The van der Waals surface area contributed by atoms with Gasteiger partial charge in [-0.05, 0) is 33.2 Å². The Morgan fingerprint density at radius 1 is 1.53 bits per heavy atom. The lowest BCUT2D eigenvalue weighted by atomic mass is 9.97. The number of hydrogen-bond acceptors (Lipinski definition) is 4. The van der Waals surface area contributed by atoms with E-state index in [0.717, 1.165) is 13.2 Å². The Labute approximate surface area is 97.9 Å². The number of nitrogens with zero attached hydrogens (tertiary/aromatic N) is 1. The second-order valence-corrected chi connectivity index (χ2v) is 5.76. The average molecular weight is 232 g/mol. The third kappa shape index (κ3) is 3.63. The van der Waals surface area contributed by atoms with Crippen LogP contribution in [0.15, 0.2) is 0 Å². The van der Waals surface area contributed by atoms with Gasteiger partial charge in [0.15, 0.2) is 0 Å². The molecule has 4 heteroatoms. The number of ether oxygens (including phenoxy) is 1. The van der Waals surface area contributed by atoms with Gasteiger partial charge in [-0.2, -0.15) is 11.8 Å². The Balaban J connectivity index is 2.39. The first-order valence-electron chi connectivity index (χ1n) is 5.58. The van der Waals surface area contributed by atoms with Crippen LogP contribution in [0.4, 0.5) is 0 Å². The zero-order valence-corrected chi connectivity index (χ0v) is 11.2. The molecular weight excluding hydrogens is 208 g/mol. The van der Waals surface area contributed by atoms with Gasteiger partial charge in [0, 0.05) is 31.0 Å². The Morgan fingerprint density at radius 2 is 2.27 bits per heavy atom. The van der Waals surface area contributed by atoms with E-state index in [1.54, 1.807) is 7.11 Å². The molecular formula is C11H24N2OS. The Bertz CT molecular complexity index is 181. The first-order valence-corrected chi connectivity index (χ1v) is 6.74. The van der Waals surface area contributed by atoms with Crippen LogP contribution in [0.5, 0.6) is 0 Å². The molecule has 3 nitrogen and oxygen atoms in total. The summed E-state index contributed by atoms with van der Waals surface area (Å²) in [5, 5.41) is 3.57. The van der Waals surface area contributed by atoms with Crippen LogP contribution in [0.1, 0.15) is 13.3 Å². The molecule has 2 unspecified atom stereocenters. The molecule has 0 aromatic rings. The highest BCUT2D eigenvalue weighted by atomic mass is 32.2. The van der Waals surface area contributed by atoms with Gasteiger partial charge in [0.25, 0.3) is 0 Å². The van der Waals surface area contributed by atoms with Crippen LogP contribution in [0.25, 0.3) is 0 Å². The van der Waals surface area contributed by atoms with E-state index in [4.69, 9.17) is 4.74 Å². The minimum Gasteiger partial charge on any atom is -0.383 e. The zero-order chi connectivity index (χ0) is 11.3. The predicted octanol–water partition coefficient (Wildman–Crippen LogP) is 1.05. The maximum absolute atomic E-state index is 5.13. The van der Waals surface area contributed by atoms with Gasteiger partial charge in [0.1, 0.15) is 0 Å². The third-order valence-corrected chi connectivity index (χ3v) is 4.46. The number of likely N-dealkylation sites (N-methyl/N-ethyl adjacent to an activating group) is 1. The van der Waals surface area contributed by atoms with Gasteiger partial charge in [-0.3, -0.25) is 0 Å². The van der Waals surface area contributed by atoms with Crippen molar-refractivity contribution in [3.05, 3.63) is 0 Å². The fraction of sp³-hybridized carbons (Fsp3) is 1.00. The summed E-state index contributed by atoms with van der Waals surface area (Å²) in [6.45, 7) is 4.03. The maximum atomic E-state index is 5.13. The largest absolute Gasteiger partial charge is 0.383 e. The summed E-state index contributed by atoms with van der Waals surface area (Å²) in [5.74, 6) is 2.53. The van der Waals surface area contributed by atoms with Crippen molar-refractivity contribution in [3.8, 4) is 0 Å². The van der Waals surface area contributed by atoms with Crippen LogP contribution in [0, 0.1) is 0 Å². The van der Waals surface area contributed by atoms with E-state index in [1.807, 2.05) is 0 Å². The molecule has 1 heterocycles. The van der Waals surface area contributed by atoms with Gasteiger partial charge in [0.05, 0.1) is 6.61 Å². The topological polar surface area (TPSA) is 24.5 Å². The van der Waals surface area contributed by atoms with Gasteiger partial charge in [-0.15, -0.1) is 0 Å². The molecule has 0 saturated carbocycles. The standard InChI is InChI=1S/C11H24N2OS/c1-10(7-14-4)12-8-11(13(2)3)5-6-15-9-11/h10,12H,5-9H2,1-4H3. The quantitative estimate of drug-likeness (QED) is 0.740.